The summed E-state index contributed by atoms with van der Waals surface area (Å²) in [6.45, 7) is 3.29. The standard InChI is InChI=1S/C11H16O3/c1-3-14-7-6-9-4-5-10(13-2)8-11(9)12/h4-5,8,12H,3,6-7H2,1-2H3. The number of phenols is 1. The van der Waals surface area contributed by atoms with Gasteiger partial charge in [0.1, 0.15) is 11.5 Å². The summed E-state index contributed by atoms with van der Waals surface area (Å²) in [6.07, 6.45) is 0.726. The monoisotopic (exact) mass is 196 g/mol. The predicted octanol–water partition coefficient (Wildman–Crippen LogP) is 1.98. The van der Waals surface area contributed by atoms with E-state index in [9.17, 15) is 5.11 Å². The Morgan fingerprint density at radius 2 is 2.14 bits per heavy atom. The van der Waals surface area contributed by atoms with Gasteiger partial charge < -0.3 is 14.6 Å². The number of rotatable bonds is 5. The van der Waals surface area contributed by atoms with Crippen molar-refractivity contribution >= 4 is 0 Å². The van der Waals surface area contributed by atoms with Crippen molar-refractivity contribution in [3.63, 3.8) is 0 Å². The second-order valence-corrected chi connectivity index (χ2v) is 2.94. The van der Waals surface area contributed by atoms with Gasteiger partial charge in [0.2, 0.25) is 0 Å². The van der Waals surface area contributed by atoms with Crippen LogP contribution in [-0.4, -0.2) is 25.4 Å². The van der Waals surface area contributed by atoms with E-state index in [1.807, 2.05) is 19.1 Å². The lowest BCUT2D eigenvalue weighted by Crippen LogP contribution is -1.98. The highest BCUT2D eigenvalue weighted by atomic mass is 16.5. The van der Waals surface area contributed by atoms with Crippen LogP contribution in [0.3, 0.4) is 0 Å². The highest BCUT2D eigenvalue weighted by Crippen LogP contribution is 2.23. The topological polar surface area (TPSA) is 38.7 Å². The van der Waals surface area contributed by atoms with Crippen molar-refractivity contribution in [2.24, 2.45) is 0 Å². The number of aromatic hydroxyl groups is 1. The molecule has 0 amide bonds. The average Bonchev–Trinajstić information content (AvgIpc) is 2.20. The van der Waals surface area contributed by atoms with Gasteiger partial charge in [-0.2, -0.15) is 0 Å². The molecule has 0 heterocycles. The van der Waals surface area contributed by atoms with Crippen LogP contribution in [0.25, 0.3) is 0 Å². The SMILES string of the molecule is CCOCCc1ccc(OC)cc1O. The van der Waals surface area contributed by atoms with Gasteiger partial charge in [0, 0.05) is 12.7 Å². The van der Waals surface area contributed by atoms with Crippen LogP contribution in [0.4, 0.5) is 0 Å². The quantitative estimate of drug-likeness (QED) is 0.732. The summed E-state index contributed by atoms with van der Waals surface area (Å²) in [5.41, 5.74) is 0.888. The summed E-state index contributed by atoms with van der Waals surface area (Å²) >= 11 is 0. The molecule has 0 atom stereocenters. The van der Waals surface area contributed by atoms with Crippen LogP contribution >= 0.6 is 0 Å². The molecule has 0 saturated heterocycles. The number of methoxy groups -OCH3 is 1. The van der Waals surface area contributed by atoms with Crippen LogP contribution < -0.4 is 4.74 Å². The first kappa shape index (κ1) is 10.9. The summed E-state index contributed by atoms with van der Waals surface area (Å²) in [7, 11) is 1.58. The van der Waals surface area contributed by atoms with E-state index >= 15 is 0 Å². The molecule has 0 aromatic heterocycles. The van der Waals surface area contributed by atoms with E-state index in [0.717, 1.165) is 12.0 Å². The molecule has 0 spiro atoms. The lowest BCUT2D eigenvalue weighted by atomic mass is 10.1. The summed E-state index contributed by atoms with van der Waals surface area (Å²) in [5.74, 6) is 0.937. The van der Waals surface area contributed by atoms with Crippen molar-refractivity contribution < 1.29 is 14.6 Å². The molecule has 0 radical (unpaired) electrons. The van der Waals surface area contributed by atoms with Crippen molar-refractivity contribution in [3.8, 4) is 11.5 Å². The first-order valence-electron chi connectivity index (χ1n) is 4.71. The Morgan fingerprint density at radius 1 is 1.36 bits per heavy atom. The Morgan fingerprint density at radius 3 is 2.71 bits per heavy atom. The Hall–Kier alpha value is -1.22. The summed E-state index contributed by atoms with van der Waals surface area (Å²) < 4.78 is 10.2. The number of benzene rings is 1. The molecule has 1 rings (SSSR count). The number of hydrogen-bond acceptors (Lipinski definition) is 3. The molecule has 78 valence electrons. The number of phenolic OH excluding ortho intramolecular Hbond substituents is 1. The molecule has 3 heteroatoms. The van der Waals surface area contributed by atoms with Gasteiger partial charge in [-0.05, 0) is 25.0 Å². The van der Waals surface area contributed by atoms with Crippen LogP contribution in [0, 0.1) is 0 Å². The van der Waals surface area contributed by atoms with Crippen molar-refractivity contribution in [2.45, 2.75) is 13.3 Å². The average molecular weight is 196 g/mol. The largest absolute Gasteiger partial charge is 0.508 e. The van der Waals surface area contributed by atoms with Crippen LogP contribution in [0.5, 0.6) is 11.5 Å². The molecule has 3 nitrogen and oxygen atoms in total. The zero-order chi connectivity index (χ0) is 10.4. The summed E-state index contributed by atoms with van der Waals surface area (Å²) in [4.78, 5) is 0. The normalized spacial score (nSPS) is 10.1. The minimum absolute atomic E-state index is 0.268. The van der Waals surface area contributed by atoms with E-state index < -0.39 is 0 Å². The maximum absolute atomic E-state index is 9.59. The van der Waals surface area contributed by atoms with Gasteiger partial charge in [-0.3, -0.25) is 0 Å². The highest BCUT2D eigenvalue weighted by Gasteiger charge is 2.02. The fraction of sp³-hybridized carbons (Fsp3) is 0.455. The Kier molecular flexibility index (Phi) is 4.26. The first-order valence-corrected chi connectivity index (χ1v) is 4.71. The van der Waals surface area contributed by atoms with Gasteiger partial charge in [-0.15, -0.1) is 0 Å². The molecule has 0 aliphatic rings. The van der Waals surface area contributed by atoms with Crippen LogP contribution in [0.15, 0.2) is 18.2 Å². The Bertz CT molecular complexity index is 284. The van der Waals surface area contributed by atoms with E-state index in [1.54, 1.807) is 13.2 Å². The minimum Gasteiger partial charge on any atom is -0.508 e. The molecule has 0 aliphatic carbocycles. The molecule has 0 bridgehead atoms. The fourth-order valence-corrected chi connectivity index (χ4v) is 1.21. The van der Waals surface area contributed by atoms with Gasteiger partial charge in [0.15, 0.2) is 0 Å². The van der Waals surface area contributed by atoms with Crippen molar-refractivity contribution in [2.75, 3.05) is 20.3 Å². The molecule has 0 unspecified atom stereocenters. The molecule has 1 aromatic carbocycles. The predicted molar refractivity (Wildman–Crippen MR) is 54.9 cm³/mol. The van der Waals surface area contributed by atoms with Gasteiger partial charge >= 0.3 is 0 Å². The molecule has 0 fully saturated rings. The Balaban J connectivity index is 2.59. The third-order valence-electron chi connectivity index (χ3n) is 2.01. The second kappa shape index (κ2) is 5.50. The molecular weight excluding hydrogens is 180 g/mol. The first-order chi connectivity index (χ1) is 6.77. The van der Waals surface area contributed by atoms with E-state index in [1.165, 1.54) is 0 Å². The zero-order valence-electron chi connectivity index (χ0n) is 8.62. The third-order valence-corrected chi connectivity index (χ3v) is 2.01. The molecule has 14 heavy (non-hydrogen) atoms. The smallest absolute Gasteiger partial charge is 0.122 e. The van der Waals surface area contributed by atoms with E-state index in [-0.39, 0.29) is 5.75 Å². The van der Waals surface area contributed by atoms with Crippen molar-refractivity contribution in [3.05, 3.63) is 23.8 Å². The number of hydrogen-bond donors (Lipinski definition) is 1. The maximum atomic E-state index is 9.59. The van der Waals surface area contributed by atoms with E-state index in [2.05, 4.69) is 0 Å². The second-order valence-electron chi connectivity index (χ2n) is 2.94. The molecule has 1 aromatic rings. The van der Waals surface area contributed by atoms with Crippen LogP contribution in [-0.2, 0) is 11.2 Å². The molecule has 1 N–H and O–H groups in total. The lowest BCUT2D eigenvalue weighted by molar-refractivity contribution is 0.150. The van der Waals surface area contributed by atoms with E-state index in [4.69, 9.17) is 9.47 Å². The molecular formula is C11H16O3. The Labute approximate surface area is 84.3 Å². The zero-order valence-corrected chi connectivity index (χ0v) is 8.62. The summed E-state index contributed by atoms with van der Waals surface area (Å²) in [5, 5.41) is 9.59. The van der Waals surface area contributed by atoms with Crippen molar-refractivity contribution in [1.29, 1.82) is 0 Å². The van der Waals surface area contributed by atoms with Gasteiger partial charge in [0.05, 0.1) is 13.7 Å². The van der Waals surface area contributed by atoms with Gasteiger partial charge in [-0.25, -0.2) is 0 Å². The van der Waals surface area contributed by atoms with Gasteiger partial charge in [-0.1, -0.05) is 6.07 Å². The van der Waals surface area contributed by atoms with Crippen molar-refractivity contribution in [1.82, 2.24) is 0 Å². The summed E-state index contributed by atoms with van der Waals surface area (Å²) in [6, 6.07) is 5.30. The van der Waals surface area contributed by atoms with Crippen LogP contribution in [0.2, 0.25) is 0 Å². The molecule has 0 aliphatic heterocycles. The van der Waals surface area contributed by atoms with Gasteiger partial charge in [0.25, 0.3) is 0 Å². The van der Waals surface area contributed by atoms with E-state index in [0.29, 0.717) is 19.0 Å². The van der Waals surface area contributed by atoms with Crippen LogP contribution in [0.1, 0.15) is 12.5 Å². The number of ether oxygens (including phenoxy) is 2. The fourth-order valence-electron chi connectivity index (χ4n) is 1.21. The maximum Gasteiger partial charge on any atom is 0.122 e. The minimum atomic E-state index is 0.268. The molecule has 0 saturated carbocycles. The highest BCUT2D eigenvalue weighted by molar-refractivity contribution is 5.39. The third kappa shape index (κ3) is 2.92. The lowest BCUT2D eigenvalue weighted by Gasteiger charge is -2.06.